The van der Waals surface area contributed by atoms with Crippen molar-refractivity contribution in [2.75, 3.05) is 13.7 Å². The SMILES string of the molecule is CCC(COC)NC(C)Cc1ccc(F)cc1. The van der Waals surface area contributed by atoms with Gasteiger partial charge in [-0.15, -0.1) is 0 Å². The molecule has 2 unspecified atom stereocenters. The summed E-state index contributed by atoms with van der Waals surface area (Å²) in [5, 5.41) is 3.51. The highest BCUT2D eigenvalue weighted by molar-refractivity contribution is 5.17. The summed E-state index contributed by atoms with van der Waals surface area (Å²) in [6, 6.07) is 7.44. The van der Waals surface area contributed by atoms with Crippen LogP contribution in [0, 0.1) is 5.82 Å². The highest BCUT2D eigenvalue weighted by Crippen LogP contribution is 2.06. The zero-order valence-corrected chi connectivity index (χ0v) is 10.9. The van der Waals surface area contributed by atoms with E-state index in [2.05, 4.69) is 19.2 Å². The quantitative estimate of drug-likeness (QED) is 0.790. The molecule has 1 aromatic rings. The van der Waals surface area contributed by atoms with Crippen LogP contribution in [0.5, 0.6) is 0 Å². The van der Waals surface area contributed by atoms with Crippen molar-refractivity contribution >= 4 is 0 Å². The van der Waals surface area contributed by atoms with Gasteiger partial charge in [0.15, 0.2) is 0 Å². The Kier molecular flexibility index (Phi) is 6.16. The van der Waals surface area contributed by atoms with Crippen molar-refractivity contribution < 1.29 is 9.13 Å². The third-order valence-electron chi connectivity index (χ3n) is 2.84. The van der Waals surface area contributed by atoms with Gasteiger partial charge < -0.3 is 10.1 Å². The zero-order valence-electron chi connectivity index (χ0n) is 10.9. The fourth-order valence-corrected chi connectivity index (χ4v) is 1.92. The van der Waals surface area contributed by atoms with E-state index >= 15 is 0 Å². The smallest absolute Gasteiger partial charge is 0.123 e. The lowest BCUT2D eigenvalue weighted by atomic mass is 10.1. The number of hydrogen-bond donors (Lipinski definition) is 1. The minimum absolute atomic E-state index is 0.180. The molecule has 1 rings (SSSR count). The summed E-state index contributed by atoms with van der Waals surface area (Å²) >= 11 is 0. The summed E-state index contributed by atoms with van der Waals surface area (Å²) in [6.07, 6.45) is 1.95. The van der Waals surface area contributed by atoms with E-state index in [1.54, 1.807) is 7.11 Å². The molecule has 0 spiro atoms. The number of hydrogen-bond acceptors (Lipinski definition) is 2. The first-order valence-corrected chi connectivity index (χ1v) is 6.15. The first-order valence-electron chi connectivity index (χ1n) is 6.15. The van der Waals surface area contributed by atoms with Gasteiger partial charge in [-0.05, 0) is 37.5 Å². The second-order valence-electron chi connectivity index (χ2n) is 4.46. The van der Waals surface area contributed by atoms with Crippen LogP contribution in [0.4, 0.5) is 4.39 Å². The Morgan fingerprint density at radius 1 is 1.29 bits per heavy atom. The Hall–Kier alpha value is -0.930. The Morgan fingerprint density at radius 3 is 2.47 bits per heavy atom. The normalized spacial score (nSPS) is 14.6. The summed E-state index contributed by atoms with van der Waals surface area (Å²) in [7, 11) is 1.72. The van der Waals surface area contributed by atoms with Gasteiger partial charge in [0.2, 0.25) is 0 Å². The Balaban J connectivity index is 2.42. The Labute approximate surface area is 103 Å². The highest BCUT2D eigenvalue weighted by Gasteiger charge is 2.10. The van der Waals surface area contributed by atoms with Crippen molar-refractivity contribution in [2.24, 2.45) is 0 Å². The maximum atomic E-state index is 12.8. The number of benzene rings is 1. The number of rotatable bonds is 7. The molecule has 96 valence electrons. The van der Waals surface area contributed by atoms with E-state index in [4.69, 9.17) is 4.74 Å². The first-order chi connectivity index (χ1) is 8.15. The van der Waals surface area contributed by atoms with Crippen LogP contribution in [-0.2, 0) is 11.2 Å². The van der Waals surface area contributed by atoms with Crippen molar-refractivity contribution in [3.05, 3.63) is 35.6 Å². The number of methoxy groups -OCH3 is 1. The molecule has 2 nitrogen and oxygen atoms in total. The van der Waals surface area contributed by atoms with Crippen molar-refractivity contribution in [1.29, 1.82) is 0 Å². The number of ether oxygens (including phenoxy) is 1. The molecule has 2 atom stereocenters. The van der Waals surface area contributed by atoms with Gasteiger partial charge in [0.1, 0.15) is 5.82 Å². The average molecular weight is 239 g/mol. The van der Waals surface area contributed by atoms with Crippen LogP contribution in [0.1, 0.15) is 25.8 Å². The topological polar surface area (TPSA) is 21.3 Å². The molecule has 0 aliphatic carbocycles. The predicted octanol–water partition coefficient (Wildman–Crippen LogP) is 2.77. The third kappa shape index (κ3) is 5.29. The summed E-state index contributed by atoms with van der Waals surface area (Å²) < 4.78 is 17.9. The molecule has 0 fully saturated rings. The molecule has 1 aromatic carbocycles. The van der Waals surface area contributed by atoms with E-state index in [0.29, 0.717) is 12.1 Å². The van der Waals surface area contributed by atoms with E-state index in [1.807, 2.05) is 12.1 Å². The average Bonchev–Trinajstić information content (AvgIpc) is 2.31. The van der Waals surface area contributed by atoms with E-state index in [-0.39, 0.29) is 5.82 Å². The summed E-state index contributed by atoms with van der Waals surface area (Å²) in [5.41, 5.74) is 1.15. The summed E-state index contributed by atoms with van der Waals surface area (Å²) in [5.74, 6) is -0.180. The van der Waals surface area contributed by atoms with Gasteiger partial charge in [-0.2, -0.15) is 0 Å². The monoisotopic (exact) mass is 239 g/mol. The Bertz CT molecular complexity index is 313. The third-order valence-corrected chi connectivity index (χ3v) is 2.84. The molecule has 0 radical (unpaired) electrons. The minimum Gasteiger partial charge on any atom is -0.383 e. The standard InChI is InChI=1S/C14H22FNO/c1-4-14(10-17-3)16-11(2)9-12-5-7-13(15)8-6-12/h5-8,11,14,16H,4,9-10H2,1-3H3. The summed E-state index contributed by atoms with van der Waals surface area (Å²) in [6.45, 7) is 5.01. The molecule has 0 aliphatic heterocycles. The van der Waals surface area contributed by atoms with Crippen LogP contribution in [0.3, 0.4) is 0 Å². The molecule has 0 bridgehead atoms. The van der Waals surface area contributed by atoms with Gasteiger partial charge in [0.25, 0.3) is 0 Å². The van der Waals surface area contributed by atoms with Crippen molar-refractivity contribution in [3.8, 4) is 0 Å². The Morgan fingerprint density at radius 2 is 1.94 bits per heavy atom. The molecular weight excluding hydrogens is 217 g/mol. The lowest BCUT2D eigenvalue weighted by Crippen LogP contribution is -2.40. The predicted molar refractivity (Wildman–Crippen MR) is 68.7 cm³/mol. The first kappa shape index (κ1) is 14.1. The molecule has 0 saturated heterocycles. The fraction of sp³-hybridized carbons (Fsp3) is 0.571. The van der Waals surface area contributed by atoms with Crippen LogP contribution in [0.15, 0.2) is 24.3 Å². The largest absolute Gasteiger partial charge is 0.383 e. The van der Waals surface area contributed by atoms with Crippen LogP contribution >= 0.6 is 0 Å². The molecular formula is C14H22FNO. The molecule has 1 N–H and O–H groups in total. The van der Waals surface area contributed by atoms with Gasteiger partial charge in [-0.25, -0.2) is 4.39 Å². The van der Waals surface area contributed by atoms with E-state index in [0.717, 1.165) is 25.0 Å². The van der Waals surface area contributed by atoms with E-state index < -0.39 is 0 Å². The molecule has 17 heavy (non-hydrogen) atoms. The van der Waals surface area contributed by atoms with Crippen molar-refractivity contribution in [2.45, 2.75) is 38.8 Å². The maximum Gasteiger partial charge on any atom is 0.123 e. The molecule has 0 aliphatic rings. The molecule has 0 heterocycles. The molecule has 3 heteroatoms. The van der Waals surface area contributed by atoms with Crippen LogP contribution in [0.2, 0.25) is 0 Å². The van der Waals surface area contributed by atoms with Crippen LogP contribution < -0.4 is 5.32 Å². The highest BCUT2D eigenvalue weighted by atomic mass is 19.1. The van der Waals surface area contributed by atoms with E-state index in [1.165, 1.54) is 12.1 Å². The van der Waals surface area contributed by atoms with Gasteiger partial charge in [-0.1, -0.05) is 19.1 Å². The second kappa shape index (κ2) is 7.41. The minimum atomic E-state index is -0.180. The van der Waals surface area contributed by atoms with E-state index in [9.17, 15) is 4.39 Å². The van der Waals surface area contributed by atoms with Crippen molar-refractivity contribution in [1.82, 2.24) is 5.32 Å². The van der Waals surface area contributed by atoms with Crippen molar-refractivity contribution in [3.63, 3.8) is 0 Å². The molecule has 0 aromatic heterocycles. The lowest BCUT2D eigenvalue weighted by molar-refractivity contribution is 0.159. The zero-order chi connectivity index (χ0) is 12.7. The van der Waals surface area contributed by atoms with Gasteiger partial charge >= 0.3 is 0 Å². The van der Waals surface area contributed by atoms with Crippen LogP contribution in [0.25, 0.3) is 0 Å². The maximum absolute atomic E-state index is 12.8. The summed E-state index contributed by atoms with van der Waals surface area (Å²) in [4.78, 5) is 0. The van der Waals surface area contributed by atoms with Gasteiger partial charge in [-0.3, -0.25) is 0 Å². The number of halogens is 1. The molecule has 0 amide bonds. The van der Waals surface area contributed by atoms with Gasteiger partial charge in [0, 0.05) is 19.2 Å². The van der Waals surface area contributed by atoms with Crippen LogP contribution in [-0.4, -0.2) is 25.8 Å². The lowest BCUT2D eigenvalue weighted by Gasteiger charge is -2.21. The molecule has 0 saturated carbocycles. The second-order valence-corrected chi connectivity index (χ2v) is 4.46. The number of nitrogens with one attached hydrogen (secondary N) is 1. The fourth-order valence-electron chi connectivity index (χ4n) is 1.92. The van der Waals surface area contributed by atoms with Gasteiger partial charge in [0.05, 0.1) is 6.61 Å².